The van der Waals surface area contributed by atoms with Gasteiger partial charge < -0.3 is 19.5 Å². The van der Waals surface area contributed by atoms with Gasteiger partial charge in [-0.3, -0.25) is 4.79 Å². The van der Waals surface area contributed by atoms with E-state index in [9.17, 15) is 13.2 Å². The van der Waals surface area contributed by atoms with Gasteiger partial charge in [-0.1, -0.05) is 45.8 Å². The van der Waals surface area contributed by atoms with Crippen LogP contribution in [0.4, 0.5) is 5.13 Å². The van der Waals surface area contributed by atoms with Crippen LogP contribution in [-0.2, 0) is 21.5 Å². The largest absolute Gasteiger partial charge is 0.379 e. The quantitative estimate of drug-likeness (QED) is 0.223. The van der Waals surface area contributed by atoms with Crippen LogP contribution in [0.2, 0.25) is 10.0 Å². The number of halogens is 2. The summed E-state index contributed by atoms with van der Waals surface area (Å²) in [7, 11) is -3.94. The van der Waals surface area contributed by atoms with Crippen molar-refractivity contribution in [2.45, 2.75) is 69.1 Å². The Morgan fingerprint density at radius 2 is 1.74 bits per heavy atom. The number of ether oxygens (including phenoxy) is 1. The summed E-state index contributed by atoms with van der Waals surface area (Å²) in [5, 5.41) is 10.3. The minimum absolute atomic E-state index is 0.217. The number of nitrogens with one attached hydrogen (secondary N) is 2. The highest BCUT2D eigenvalue weighted by atomic mass is 35.5. The predicted molar refractivity (Wildman–Crippen MR) is 181 cm³/mol. The molecule has 3 aliphatic heterocycles. The van der Waals surface area contributed by atoms with E-state index in [-0.39, 0.29) is 18.7 Å². The molecule has 3 saturated heterocycles. The highest BCUT2D eigenvalue weighted by Gasteiger charge is 2.42. The zero-order valence-corrected chi connectivity index (χ0v) is 28.6. The number of piperidine rings is 1. The van der Waals surface area contributed by atoms with Crippen LogP contribution in [-0.4, -0.2) is 73.2 Å². The molecule has 4 aliphatic rings. The summed E-state index contributed by atoms with van der Waals surface area (Å²) >= 11 is 14.7. The normalized spacial score (nSPS) is 23.4. The van der Waals surface area contributed by atoms with Gasteiger partial charge in [-0.25, -0.2) is 9.71 Å². The molecule has 47 heavy (non-hydrogen) atoms. The minimum Gasteiger partial charge on any atom is -0.379 e. The van der Waals surface area contributed by atoms with Crippen LogP contribution < -0.4 is 14.9 Å². The average molecular weight is 718 g/mol. The highest BCUT2D eigenvalue weighted by Crippen LogP contribution is 2.46. The number of rotatable bonds is 9. The summed E-state index contributed by atoms with van der Waals surface area (Å²) in [6.45, 7) is 1.68. The standard InChI is InChI=1S/C32H34Cl2N6O5S2/c33-24-2-1-3-25(34)28(24)29-23(30(45-37-29)18-4-5-18)17-35-20-15-21-7-8-22(16-20)40(21)32-36-26-9-6-19(14-27(26)46-32)31(41)38-47(42,43)39-10-12-44-13-11-39/h1-3,6,9,14,18,20-22,35H,4-5,7-8,10-13,15-17H2,(H,38,41). The van der Waals surface area contributed by atoms with Crippen LogP contribution in [0.5, 0.6) is 0 Å². The predicted octanol–water partition coefficient (Wildman–Crippen LogP) is 5.73. The van der Waals surface area contributed by atoms with Gasteiger partial charge in [0, 0.05) is 60.4 Å². The molecular formula is C32H34Cl2N6O5S2. The second-order valence-electron chi connectivity index (χ2n) is 12.7. The SMILES string of the molecule is O=C(NS(=O)(=O)N1CCOCC1)c1ccc2nc(N3C4CCC3CC(NCc3c(-c5c(Cl)cccc5Cl)noc3C3CC3)C4)sc2c1. The fraction of sp³-hybridized carbons (Fsp3) is 0.469. The van der Waals surface area contributed by atoms with Crippen molar-refractivity contribution in [1.29, 1.82) is 0 Å². The van der Waals surface area contributed by atoms with E-state index in [1.165, 1.54) is 4.31 Å². The third-order valence-electron chi connectivity index (χ3n) is 9.66. The van der Waals surface area contributed by atoms with E-state index < -0.39 is 16.1 Å². The number of nitrogens with zero attached hydrogens (tertiary/aromatic N) is 4. The van der Waals surface area contributed by atoms with Crippen LogP contribution in [0.1, 0.15) is 66.1 Å². The molecule has 2 aromatic carbocycles. The number of carbonyl (C=O) groups is 1. The number of hydrogen-bond donors (Lipinski definition) is 2. The molecule has 4 aromatic rings. The van der Waals surface area contributed by atoms with E-state index >= 15 is 0 Å². The lowest BCUT2D eigenvalue weighted by Crippen LogP contribution is -2.49. The Kier molecular flexibility index (Phi) is 8.44. The summed E-state index contributed by atoms with van der Waals surface area (Å²) < 4.78 is 40.8. The van der Waals surface area contributed by atoms with Gasteiger partial charge in [0.15, 0.2) is 5.13 Å². The highest BCUT2D eigenvalue weighted by molar-refractivity contribution is 7.87. The van der Waals surface area contributed by atoms with Crippen LogP contribution >= 0.6 is 34.5 Å². The van der Waals surface area contributed by atoms with Gasteiger partial charge in [-0.15, -0.1) is 0 Å². The maximum Gasteiger partial charge on any atom is 0.304 e. The molecule has 5 heterocycles. The number of aromatic nitrogens is 2. The molecule has 248 valence electrons. The van der Waals surface area contributed by atoms with Gasteiger partial charge in [-0.2, -0.15) is 12.7 Å². The molecule has 11 nitrogen and oxygen atoms in total. The van der Waals surface area contributed by atoms with Crippen molar-refractivity contribution in [2.24, 2.45) is 0 Å². The summed E-state index contributed by atoms with van der Waals surface area (Å²) in [6, 6.07) is 11.6. The molecule has 15 heteroatoms. The molecule has 1 saturated carbocycles. The summed E-state index contributed by atoms with van der Waals surface area (Å²) in [5.74, 6) is 0.676. The molecule has 2 aromatic heterocycles. The first kappa shape index (κ1) is 31.5. The lowest BCUT2D eigenvalue weighted by molar-refractivity contribution is 0.0719. The maximum absolute atomic E-state index is 12.9. The Bertz CT molecular complexity index is 1910. The van der Waals surface area contributed by atoms with Crippen LogP contribution in [0.15, 0.2) is 40.9 Å². The third kappa shape index (κ3) is 6.16. The van der Waals surface area contributed by atoms with E-state index in [1.54, 1.807) is 29.5 Å². The number of amides is 1. The summed E-state index contributed by atoms with van der Waals surface area (Å²) in [5.41, 5.74) is 3.56. The van der Waals surface area contributed by atoms with Gasteiger partial charge in [0.05, 0.1) is 33.5 Å². The van der Waals surface area contributed by atoms with E-state index in [2.05, 4.69) is 20.1 Å². The number of carbonyl (C=O) groups excluding carboxylic acids is 1. The second kappa shape index (κ2) is 12.6. The number of morpholine rings is 1. The van der Waals surface area contributed by atoms with Crippen molar-refractivity contribution in [3.63, 3.8) is 0 Å². The molecule has 2 N–H and O–H groups in total. The molecule has 8 rings (SSSR count). The first-order valence-electron chi connectivity index (χ1n) is 16.0. The number of thiazole rings is 1. The van der Waals surface area contributed by atoms with E-state index in [0.717, 1.165) is 70.9 Å². The van der Waals surface area contributed by atoms with Crippen molar-refractivity contribution in [2.75, 3.05) is 31.2 Å². The van der Waals surface area contributed by atoms with E-state index in [4.69, 9.17) is 37.4 Å². The van der Waals surface area contributed by atoms with Crippen molar-refractivity contribution < 1.29 is 22.5 Å². The molecule has 2 unspecified atom stereocenters. The molecule has 4 fully saturated rings. The number of fused-ring (bicyclic) bond motifs is 3. The zero-order chi connectivity index (χ0) is 32.3. The maximum atomic E-state index is 12.9. The van der Waals surface area contributed by atoms with Gasteiger partial charge in [0.1, 0.15) is 11.5 Å². The molecule has 1 aliphatic carbocycles. The van der Waals surface area contributed by atoms with Gasteiger partial charge in [0.2, 0.25) is 0 Å². The number of hydrogen-bond acceptors (Lipinski definition) is 10. The third-order valence-corrected chi connectivity index (χ3v) is 12.8. The first-order chi connectivity index (χ1) is 22.7. The Labute approximate surface area is 286 Å². The Hall–Kier alpha value is -2.78. The van der Waals surface area contributed by atoms with Crippen LogP contribution in [0.3, 0.4) is 0 Å². The number of anilines is 1. The monoisotopic (exact) mass is 716 g/mol. The van der Waals surface area contributed by atoms with E-state index in [1.807, 2.05) is 18.2 Å². The van der Waals surface area contributed by atoms with Crippen LogP contribution in [0.25, 0.3) is 21.5 Å². The van der Waals surface area contributed by atoms with Crippen molar-refractivity contribution in [3.05, 3.63) is 63.3 Å². The molecule has 0 spiro atoms. The Balaban J connectivity index is 0.958. The molecule has 2 bridgehead atoms. The van der Waals surface area contributed by atoms with E-state index in [0.29, 0.717) is 59.4 Å². The Morgan fingerprint density at radius 1 is 1.02 bits per heavy atom. The first-order valence-corrected chi connectivity index (χ1v) is 19.0. The fourth-order valence-electron chi connectivity index (χ4n) is 7.17. The topological polar surface area (TPSA) is 130 Å². The second-order valence-corrected chi connectivity index (χ2v) is 16.2. The lowest BCUT2D eigenvalue weighted by atomic mass is 9.97. The Morgan fingerprint density at radius 3 is 2.45 bits per heavy atom. The van der Waals surface area contributed by atoms with Gasteiger partial charge in [0.25, 0.3) is 5.91 Å². The molecule has 1 amide bonds. The van der Waals surface area contributed by atoms with Crippen LogP contribution in [0, 0.1) is 0 Å². The molecular weight excluding hydrogens is 683 g/mol. The van der Waals surface area contributed by atoms with Crippen molar-refractivity contribution in [3.8, 4) is 11.3 Å². The van der Waals surface area contributed by atoms with Gasteiger partial charge >= 0.3 is 10.2 Å². The summed E-state index contributed by atoms with van der Waals surface area (Å²) in [6.07, 6.45) is 6.34. The summed E-state index contributed by atoms with van der Waals surface area (Å²) in [4.78, 5) is 20.3. The lowest BCUT2D eigenvalue weighted by Gasteiger charge is -2.39. The smallest absolute Gasteiger partial charge is 0.304 e. The van der Waals surface area contributed by atoms with Crippen molar-refractivity contribution >= 4 is 66.0 Å². The average Bonchev–Trinajstić information content (AvgIpc) is 3.59. The number of benzene rings is 2. The van der Waals surface area contributed by atoms with Crippen molar-refractivity contribution in [1.82, 2.24) is 24.5 Å². The minimum atomic E-state index is -3.94. The zero-order valence-electron chi connectivity index (χ0n) is 25.5. The molecule has 2 atom stereocenters. The molecule has 0 radical (unpaired) electrons. The van der Waals surface area contributed by atoms with Gasteiger partial charge in [-0.05, 0) is 68.9 Å². The fourth-order valence-corrected chi connectivity index (χ4v) is 10.0.